The molecule has 35 heavy (non-hydrogen) atoms. The lowest BCUT2D eigenvalue weighted by Crippen LogP contribution is -2.53. The van der Waals surface area contributed by atoms with Crippen molar-refractivity contribution in [1.82, 2.24) is 14.5 Å². The molecule has 1 heterocycles. The average Bonchev–Trinajstić information content (AvgIpc) is 3.16. The summed E-state index contributed by atoms with van der Waals surface area (Å²) in [5.41, 5.74) is 10.4. The summed E-state index contributed by atoms with van der Waals surface area (Å²) in [6.07, 6.45) is 0.271. The van der Waals surface area contributed by atoms with Crippen LogP contribution in [-0.2, 0) is 29.2 Å². The monoisotopic (exact) mass is 523 g/mol. The van der Waals surface area contributed by atoms with Gasteiger partial charge in [0.2, 0.25) is 33.7 Å². The lowest BCUT2D eigenvalue weighted by molar-refractivity contribution is -0.139. The van der Waals surface area contributed by atoms with Crippen molar-refractivity contribution in [2.24, 2.45) is 11.5 Å². The largest absolute Gasteiger partial charge is 0.369 e. The number of carbonyl (C=O) groups is 4. The Balaban J connectivity index is 1.92. The molecule has 4 amide bonds. The van der Waals surface area contributed by atoms with Crippen LogP contribution in [0.3, 0.4) is 0 Å². The summed E-state index contributed by atoms with van der Waals surface area (Å²) in [4.78, 5) is 49.7. The Hall–Kier alpha value is -3.22. The third-order valence-corrected chi connectivity index (χ3v) is 7.84. The van der Waals surface area contributed by atoms with Crippen LogP contribution < -0.4 is 16.8 Å². The number of nitrogens with one attached hydrogen (secondary N) is 1. The van der Waals surface area contributed by atoms with E-state index in [2.05, 4.69) is 5.32 Å². The van der Waals surface area contributed by atoms with E-state index >= 15 is 0 Å². The van der Waals surface area contributed by atoms with Gasteiger partial charge in [0.25, 0.3) is 0 Å². The summed E-state index contributed by atoms with van der Waals surface area (Å²) in [5, 5.41) is 4.17. The maximum absolute atomic E-state index is 13.6. The van der Waals surface area contributed by atoms with Crippen LogP contribution in [0.5, 0.6) is 0 Å². The van der Waals surface area contributed by atoms with Crippen molar-refractivity contribution in [1.29, 1.82) is 0 Å². The van der Waals surface area contributed by atoms with Crippen LogP contribution in [-0.4, -0.2) is 73.0 Å². The van der Waals surface area contributed by atoms with Gasteiger partial charge in [-0.25, -0.2) is 8.42 Å². The molecule has 11 nitrogen and oxygen atoms in total. The summed E-state index contributed by atoms with van der Waals surface area (Å²) in [7, 11) is -4.32. The zero-order valence-corrected chi connectivity index (χ0v) is 20.5. The number of nitrogens with two attached hydrogens (primary N) is 2. The summed E-state index contributed by atoms with van der Waals surface area (Å²) < 4.78 is 27.9. The topological polar surface area (TPSA) is 173 Å². The lowest BCUT2D eigenvalue weighted by atomic mass is 10.1. The van der Waals surface area contributed by atoms with E-state index in [-0.39, 0.29) is 24.3 Å². The predicted molar refractivity (Wildman–Crippen MR) is 128 cm³/mol. The molecule has 0 radical (unpaired) electrons. The second-order valence-corrected chi connectivity index (χ2v) is 10.4. The molecule has 1 aliphatic rings. The second-order valence-electron chi connectivity index (χ2n) is 8.11. The SMILES string of the molecule is CCC(C(=O)NCC(N)=O)N1CCC(N(CC(N)=O)S(=O)(=O)c2ccc3cc(Cl)ccc3c2)C1=O. The molecular formula is C22H26ClN5O6S. The molecule has 3 rings (SSSR count). The third-order valence-electron chi connectivity index (χ3n) is 5.75. The molecule has 2 unspecified atom stereocenters. The number of hydrogen-bond acceptors (Lipinski definition) is 6. The number of benzene rings is 2. The van der Waals surface area contributed by atoms with Gasteiger partial charge in [-0.1, -0.05) is 30.7 Å². The second kappa shape index (κ2) is 10.6. The summed E-state index contributed by atoms with van der Waals surface area (Å²) in [6, 6.07) is 7.17. The number of carbonyl (C=O) groups excluding carboxylic acids is 4. The molecule has 2 aromatic carbocycles. The van der Waals surface area contributed by atoms with Gasteiger partial charge >= 0.3 is 0 Å². The molecule has 2 aromatic rings. The number of rotatable bonds is 10. The quantitative estimate of drug-likeness (QED) is 0.393. The number of hydrogen-bond donors (Lipinski definition) is 3. The van der Waals surface area contributed by atoms with Gasteiger partial charge < -0.3 is 21.7 Å². The Morgan fingerprint density at radius 3 is 2.43 bits per heavy atom. The number of likely N-dealkylation sites (tertiary alicyclic amines) is 1. The first-order chi connectivity index (χ1) is 16.4. The van der Waals surface area contributed by atoms with Crippen molar-refractivity contribution in [3.05, 3.63) is 41.4 Å². The zero-order valence-electron chi connectivity index (χ0n) is 18.9. The van der Waals surface area contributed by atoms with Gasteiger partial charge in [0.15, 0.2) is 0 Å². The van der Waals surface area contributed by atoms with Crippen LogP contribution in [0.25, 0.3) is 10.8 Å². The fraction of sp³-hybridized carbons (Fsp3) is 0.364. The van der Waals surface area contributed by atoms with Crippen LogP contribution in [0, 0.1) is 0 Å². The van der Waals surface area contributed by atoms with Gasteiger partial charge in [-0.15, -0.1) is 0 Å². The van der Waals surface area contributed by atoms with Crippen molar-refractivity contribution in [3.63, 3.8) is 0 Å². The smallest absolute Gasteiger partial charge is 0.244 e. The highest BCUT2D eigenvalue weighted by Gasteiger charge is 2.45. The van der Waals surface area contributed by atoms with Crippen molar-refractivity contribution in [2.45, 2.75) is 36.7 Å². The molecule has 1 fully saturated rings. The number of amides is 4. The van der Waals surface area contributed by atoms with Crippen LogP contribution in [0.15, 0.2) is 41.3 Å². The molecule has 5 N–H and O–H groups in total. The molecule has 0 aliphatic carbocycles. The molecule has 13 heteroatoms. The summed E-state index contributed by atoms with van der Waals surface area (Å²) in [5.74, 6) is -2.89. The van der Waals surface area contributed by atoms with Crippen molar-refractivity contribution < 1.29 is 27.6 Å². The standard InChI is InChI=1S/C22H26ClN5O6S/c1-2-17(21(31)26-11-19(24)29)27-8-7-18(22(27)32)28(12-20(25)30)35(33,34)16-6-4-13-9-15(23)5-3-14(13)10-16/h3-6,9-10,17-18H,2,7-8,11-12H2,1H3,(H2,24,29)(H2,25,30)(H,26,31). The van der Waals surface area contributed by atoms with Gasteiger partial charge in [0.1, 0.15) is 12.1 Å². The Bertz CT molecular complexity index is 1280. The first-order valence-electron chi connectivity index (χ1n) is 10.8. The lowest BCUT2D eigenvalue weighted by Gasteiger charge is -2.29. The Morgan fingerprint density at radius 2 is 1.80 bits per heavy atom. The third kappa shape index (κ3) is 5.72. The predicted octanol–water partition coefficient (Wildman–Crippen LogP) is -0.0498. The molecule has 1 aliphatic heterocycles. The van der Waals surface area contributed by atoms with Crippen molar-refractivity contribution in [2.75, 3.05) is 19.6 Å². The normalized spacial score (nSPS) is 17.1. The van der Waals surface area contributed by atoms with E-state index in [1.54, 1.807) is 31.2 Å². The molecule has 2 atom stereocenters. The zero-order chi connectivity index (χ0) is 25.9. The van der Waals surface area contributed by atoms with E-state index in [0.717, 1.165) is 4.31 Å². The number of sulfonamides is 1. The van der Waals surface area contributed by atoms with Crippen molar-refractivity contribution in [3.8, 4) is 0 Å². The number of nitrogens with zero attached hydrogens (tertiary/aromatic N) is 2. The van der Waals surface area contributed by atoms with Crippen LogP contribution in [0.1, 0.15) is 19.8 Å². The van der Waals surface area contributed by atoms with Crippen LogP contribution >= 0.6 is 11.6 Å². The molecule has 1 saturated heterocycles. The minimum Gasteiger partial charge on any atom is -0.369 e. The molecular weight excluding hydrogens is 498 g/mol. The Labute approximate surface area is 207 Å². The summed E-state index contributed by atoms with van der Waals surface area (Å²) in [6.45, 7) is 0.646. The highest BCUT2D eigenvalue weighted by Crippen LogP contribution is 2.29. The Morgan fingerprint density at radius 1 is 1.14 bits per heavy atom. The average molecular weight is 524 g/mol. The van der Waals surface area contributed by atoms with E-state index in [0.29, 0.717) is 15.8 Å². The first-order valence-corrected chi connectivity index (χ1v) is 12.6. The highest BCUT2D eigenvalue weighted by molar-refractivity contribution is 7.89. The van der Waals surface area contributed by atoms with E-state index < -0.39 is 58.8 Å². The van der Waals surface area contributed by atoms with Gasteiger partial charge in [0.05, 0.1) is 18.0 Å². The van der Waals surface area contributed by atoms with E-state index in [1.165, 1.54) is 17.0 Å². The minimum atomic E-state index is -4.32. The van der Waals surface area contributed by atoms with E-state index in [9.17, 15) is 27.6 Å². The Kier molecular flexibility index (Phi) is 7.98. The molecule has 0 bridgehead atoms. The van der Waals surface area contributed by atoms with Crippen molar-refractivity contribution >= 4 is 56.0 Å². The van der Waals surface area contributed by atoms with Gasteiger partial charge in [0, 0.05) is 11.6 Å². The molecule has 0 spiro atoms. The van der Waals surface area contributed by atoms with Gasteiger partial charge in [-0.2, -0.15) is 4.31 Å². The van der Waals surface area contributed by atoms with Crippen LogP contribution in [0.2, 0.25) is 5.02 Å². The first kappa shape index (κ1) is 26.4. The number of halogens is 1. The maximum Gasteiger partial charge on any atom is 0.244 e. The molecule has 0 saturated carbocycles. The number of primary amides is 2. The van der Waals surface area contributed by atoms with Gasteiger partial charge in [-0.3, -0.25) is 19.2 Å². The molecule has 0 aromatic heterocycles. The fourth-order valence-electron chi connectivity index (χ4n) is 4.11. The molecule has 188 valence electrons. The van der Waals surface area contributed by atoms with E-state index in [1.807, 2.05) is 0 Å². The fourth-order valence-corrected chi connectivity index (χ4v) is 5.90. The maximum atomic E-state index is 13.6. The van der Waals surface area contributed by atoms with Crippen LogP contribution in [0.4, 0.5) is 0 Å². The van der Waals surface area contributed by atoms with E-state index in [4.69, 9.17) is 23.1 Å². The highest BCUT2D eigenvalue weighted by atomic mass is 35.5. The minimum absolute atomic E-state index is 0.0497. The number of fused-ring (bicyclic) bond motifs is 1. The van der Waals surface area contributed by atoms with Gasteiger partial charge in [-0.05, 0) is 47.9 Å². The summed E-state index contributed by atoms with van der Waals surface area (Å²) >= 11 is 6.00.